The van der Waals surface area contributed by atoms with Gasteiger partial charge in [0.25, 0.3) is 0 Å². The van der Waals surface area contributed by atoms with E-state index >= 15 is 0 Å². The van der Waals surface area contributed by atoms with E-state index in [4.69, 9.17) is 23.2 Å². The van der Waals surface area contributed by atoms with Crippen LogP contribution in [-0.2, 0) is 0 Å². The zero-order valence-corrected chi connectivity index (χ0v) is 12.7. The first-order valence-electron chi connectivity index (χ1n) is 4.75. The lowest BCUT2D eigenvalue weighted by Crippen LogP contribution is -2.02. The van der Waals surface area contributed by atoms with Crippen LogP contribution in [0.4, 0.5) is 0 Å². The lowest BCUT2D eigenvalue weighted by atomic mass is 10.0. The van der Waals surface area contributed by atoms with Gasteiger partial charge in [-0.1, -0.05) is 29.3 Å². The highest BCUT2D eigenvalue weighted by molar-refractivity contribution is 9.11. The molecule has 1 nitrogen and oxygen atoms in total. The van der Waals surface area contributed by atoms with E-state index < -0.39 is 0 Å². The zero-order valence-electron chi connectivity index (χ0n) is 8.76. The smallest absolute Gasteiger partial charge is 0.195 e. The molecule has 1 aromatic heterocycles. The summed E-state index contributed by atoms with van der Waals surface area (Å²) in [6.45, 7) is 1.90. The van der Waals surface area contributed by atoms with Gasteiger partial charge in [0.2, 0.25) is 0 Å². The normalized spacial score (nSPS) is 10.6. The largest absolute Gasteiger partial charge is 0.289 e. The number of rotatable bonds is 2. The van der Waals surface area contributed by atoms with Crippen molar-refractivity contribution in [2.24, 2.45) is 0 Å². The van der Waals surface area contributed by atoms with Gasteiger partial charge in [-0.3, -0.25) is 4.79 Å². The zero-order chi connectivity index (χ0) is 12.6. The maximum absolute atomic E-state index is 12.3. The fourth-order valence-corrected chi connectivity index (χ4v) is 3.57. The fourth-order valence-electron chi connectivity index (χ4n) is 1.50. The second-order valence-electron chi connectivity index (χ2n) is 3.45. The molecule has 0 spiro atoms. The Kier molecular flexibility index (Phi) is 3.93. The van der Waals surface area contributed by atoms with E-state index in [1.807, 2.05) is 6.92 Å². The Morgan fingerprint density at radius 3 is 2.59 bits per heavy atom. The van der Waals surface area contributed by atoms with Gasteiger partial charge in [-0.25, -0.2) is 0 Å². The van der Waals surface area contributed by atoms with Crippen molar-refractivity contribution >= 4 is 56.3 Å². The first-order chi connectivity index (χ1) is 8.00. The summed E-state index contributed by atoms with van der Waals surface area (Å²) in [6, 6.07) is 6.87. The molecule has 0 fully saturated rings. The average Bonchev–Trinajstić information content (AvgIpc) is 2.61. The van der Waals surface area contributed by atoms with Gasteiger partial charge < -0.3 is 0 Å². The minimum absolute atomic E-state index is 0.100. The Labute approximate surface area is 121 Å². The molecule has 0 amide bonds. The van der Waals surface area contributed by atoms with Crippen LogP contribution in [0.5, 0.6) is 0 Å². The van der Waals surface area contributed by atoms with Crippen LogP contribution >= 0.6 is 50.5 Å². The van der Waals surface area contributed by atoms with Gasteiger partial charge in [0, 0.05) is 16.0 Å². The Morgan fingerprint density at radius 2 is 2.00 bits per heavy atom. The lowest BCUT2D eigenvalue weighted by molar-refractivity contribution is 0.103. The number of carbonyl (C=O) groups is 1. The Bertz CT molecular complexity index is 592. The molecule has 0 aliphatic heterocycles. The molecular formula is C12H7BrCl2OS. The Balaban J connectivity index is 2.51. The summed E-state index contributed by atoms with van der Waals surface area (Å²) in [5.74, 6) is -0.100. The molecule has 0 saturated carbocycles. The predicted molar refractivity (Wildman–Crippen MR) is 76.7 cm³/mol. The molecule has 0 aliphatic carbocycles. The van der Waals surface area contributed by atoms with Crippen molar-refractivity contribution in [3.05, 3.63) is 54.1 Å². The van der Waals surface area contributed by atoms with Crippen molar-refractivity contribution < 1.29 is 4.79 Å². The predicted octanol–water partition coefficient (Wildman–Crippen LogP) is 5.36. The molecule has 0 radical (unpaired) electrons. The molecule has 0 N–H and O–H groups in total. The molecule has 0 aliphatic rings. The highest BCUT2D eigenvalue weighted by Crippen LogP contribution is 2.32. The molecule has 0 unspecified atom stereocenters. The minimum atomic E-state index is -0.100. The van der Waals surface area contributed by atoms with Gasteiger partial charge in [0.1, 0.15) is 0 Å². The third-order valence-corrected chi connectivity index (χ3v) is 4.70. The molecule has 5 heteroatoms. The molecule has 0 bridgehead atoms. The molecule has 1 aromatic carbocycles. The second kappa shape index (κ2) is 5.11. The second-order valence-corrected chi connectivity index (χ2v) is 6.87. The van der Waals surface area contributed by atoms with Crippen molar-refractivity contribution in [1.82, 2.24) is 0 Å². The Hall–Kier alpha value is -0.350. The number of benzene rings is 1. The van der Waals surface area contributed by atoms with E-state index in [-0.39, 0.29) is 5.78 Å². The molecule has 88 valence electrons. The summed E-state index contributed by atoms with van der Waals surface area (Å²) in [6.07, 6.45) is 0. The number of thiophene rings is 1. The van der Waals surface area contributed by atoms with Crippen molar-refractivity contribution in [2.45, 2.75) is 6.92 Å². The van der Waals surface area contributed by atoms with E-state index in [0.29, 0.717) is 21.2 Å². The molecule has 17 heavy (non-hydrogen) atoms. The van der Waals surface area contributed by atoms with E-state index in [1.165, 1.54) is 11.3 Å². The number of hydrogen-bond donors (Lipinski definition) is 0. The van der Waals surface area contributed by atoms with Crippen molar-refractivity contribution in [3.63, 3.8) is 0 Å². The monoisotopic (exact) mass is 348 g/mol. The van der Waals surface area contributed by atoms with E-state index in [1.54, 1.807) is 24.3 Å². The molecular weight excluding hydrogens is 343 g/mol. The van der Waals surface area contributed by atoms with Crippen molar-refractivity contribution in [3.8, 4) is 0 Å². The van der Waals surface area contributed by atoms with E-state index in [2.05, 4.69) is 15.9 Å². The van der Waals surface area contributed by atoms with Gasteiger partial charge >= 0.3 is 0 Å². The van der Waals surface area contributed by atoms with Crippen LogP contribution in [0.3, 0.4) is 0 Å². The summed E-state index contributed by atoms with van der Waals surface area (Å²) in [5.41, 5.74) is 1.10. The van der Waals surface area contributed by atoms with Gasteiger partial charge in [-0.15, -0.1) is 11.3 Å². The minimum Gasteiger partial charge on any atom is -0.289 e. The number of carbonyl (C=O) groups excluding carboxylic acids is 1. The van der Waals surface area contributed by atoms with Crippen LogP contribution in [0.1, 0.15) is 20.8 Å². The highest BCUT2D eigenvalue weighted by Gasteiger charge is 2.18. The fraction of sp³-hybridized carbons (Fsp3) is 0.0833. The average molecular weight is 350 g/mol. The summed E-state index contributed by atoms with van der Waals surface area (Å²) in [4.78, 5) is 13.3. The maximum Gasteiger partial charge on any atom is 0.195 e. The van der Waals surface area contributed by atoms with Gasteiger partial charge in [0.15, 0.2) is 5.78 Å². The van der Waals surface area contributed by atoms with Crippen LogP contribution in [0.2, 0.25) is 10.0 Å². The van der Waals surface area contributed by atoms with Crippen LogP contribution in [-0.4, -0.2) is 5.78 Å². The van der Waals surface area contributed by atoms with Crippen molar-refractivity contribution in [2.75, 3.05) is 0 Å². The highest BCUT2D eigenvalue weighted by atomic mass is 79.9. The number of aryl methyl sites for hydroxylation is 1. The molecule has 2 aromatic rings. The maximum atomic E-state index is 12.3. The van der Waals surface area contributed by atoms with Gasteiger partial charge in [-0.2, -0.15) is 0 Å². The summed E-state index contributed by atoms with van der Waals surface area (Å²) in [5, 5.41) is 0.699. The third-order valence-electron chi connectivity index (χ3n) is 2.33. The van der Waals surface area contributed by atoms with Crippen LogP contribution in [0.15, 0.2) is 28.1 Å². The first-order valence-corrected chi connectivity index (χ1v) is 7.12. The topological polar surface area (TPSA) is 17.1 Å². The first kappa shape index (κ1) is 13.1. The van der Waals surface area contributed by atoms with E-state index in [0.717, 1.165) is 8.66 Å². The van der Waals surface area contributed by atoms with Crippen LogP contribution in [0, 0.1) is 6.92 Å². The van der Waals surface area contributed by atoms with Crippen LogP contribution in [0.25, 0.3) is 0 Å². The molecule has 0 saturated heterocycles. The number of halogens is 3. The van der Waals surface area contributed by atoms with Gasteiger partial charge in [0.05, 0.1) is 13.8 Å². The SMILES string of the molecule is Cc1sc(Br)cc1C(=O)c1cccc(Cl)c1Cl. The Morgan fingerprint density at radius 1 is 1.29 bits per heavy atom. The van der Waals surface area contributed by atoms with E-state index in [9.17, 15) is 4.79 Å². The van der Waals surface area contributed by atoms with Gasteiger partial charge in [-0.05, 0) is 41.1 Å². The molecule has 0 atom stereocenters. The molecule has 2 rings (SSSR count). The van der Waals surface area contributed by atoms with Crippen LogP contribution < -0.4 is 0 Å². The standard InChI is InChI=1S/C12H7BrCl2OS/c1-6-8(5-10(13)17-6)12(16)7-3-2-4-9(14)11(7)15/h2-5H,1H3. The summed E-state index contributed by atoms with van der Waals surface area (Å²) in [7, 11) is 0. The molecule has 1 heterocycles. The lowest BCUT2D eigenvalue weighted by Gasteiger charge is -2.04. The quantitative estimate of drug-likeness (QED) is 0.667. The summed E-state index contributed by atoms with van der Waals surface area (Å²) < 4.78 is 0.927. The summed E-state index contributed by atoms with van der Waals surface area (Å²) >= 11 is 16.8. The van der Waals surface area contributed by atoms with Crippen molar-refractivity contribution in [1.29, 1.82) is 0 Å². The number of hydrogen-bond acceptors (Lipinski definition) is 2. The third kappa shape index (κ3) is 2.58. The number of ketones is 1.